The Morgan fingerprint density at radius 1 is 1.33 bits per heavy atom. The Hall–Kier alpha value is -2.06. The molecule has 0 aliphatic carbocycles. The molecule has 5 nitrogen and oxygen atoms in total. The topological polar surface area (TPSA) is 56.6 Å². The second-order valence-corrected chi connectivity index (χ2v) is 6.55. The molecular formula is C19H27N3O2. The molecule has 1 unspecified atom stereocenters. The molecule has 0 N–H and O–H groups in total. The molecule has 1 amide bonds. The molecule has 5 heteroatoms. The summed E-state index contributed by atoms with van der Waals surface area (Å²) in [5.41, 5.74) is 0.633. The summed E-state index contributed by atoms with van der Waals surface area (Å²) in [5, 5.41) is 8.82. The predicted octanol–water partition coefficient (Wildman–Crippen LogP) is 2.66. The lowest BCUT2D eigenvalue weighted by atomic mass is 10.0. The highest BCUT2D eigenvalue weighted by molar-refractivity contribution is 5.81. The Bertz CT molecular complexity index is 569. The average Bonchev–Trinajstić information content (AvgIpc) is 2.60. The van der Waals surface area contributed by atoms with E-state index in [-0.39, 0.29) is 18.1 Å². The number of benzene rings is 1. The van der Waals surface area contributed by atoms with Crippen molar-refractivity contribution < 1.29 is 9.53 Å². The van der Waals surface area contributed by atoms with Gasteiger partial charge in [0.1, 0.15) is 11.9 Å². The molecule has 0 spiro atoms. The van der Waals surface area contributed by atoms with Crippen LogP contribution in [-0.4, -0.2) is 55.0 Å². The van der Waals surface area contributed by atoms with Crippen LogP contribution in [0.4, 0.5) is 0 Å². The van der Waals surface area contributed by atoms with Gasteiger partial charge in [0, 0.05) is 25.9 Å². The summed E-state index contributed by atoms with van der Waals surface area (Å²) in [5.74, 6) is 1.02. The van der Waals surface area contributed by atoms with Crippen LogP contribution < -0.4 is 4.74 Å². The van der Waals surface area contributed by atoms with Gasteiger partial charge in [-0.3, -0.25) is 9.69 Å². The van der Waals surface area contributed by atoms with E-state index in [4.69, 9.17) is 10.00 Å². The van der Waals surface area contributed by atoms with Gasteiger partial charge in [-0.2, -0.15) is 5.26 Å². The number of piperidine rings is 1. The fourth-order valence-electron chi connectivity index (χ4n) is 3.08. The van der Waals surface area contributed by atoms with E-state index in [0.717, 1.165) is 44.5 Å². The Kier molecular flexibility index (Phi) is 6.62. The van der Waals surface area contributed by atoms with E-state index in [1.165, 1.54) is 0 Å². The first-order valence-electron chi connectivity index (χ1n) is 8.67. The van der Waals surface area contributed by atoms with E-state index in [2.05, 4.69) is 13.0 Å². The zero-order valence-corrected chi connectivity index (χ0v) is 14.9. The van der Waals surface area contributed by atoms with E-state index in [0.29, 0.717) is 5.56 Å². The van der Waals surface area contributed by atoms with Crippen LogP contribution in [0.25, 0.3) is 0 Å². The van der Waals surface area contributed by atoms with Crippen molar-refractivity contribution in [2.75, 3.05) is 27.2 Å². The van der Waals surface area contributed by atoms with E-state index >= 15 is 0 Å². The first-order valence-corrected chi connectivity index (χ1v) is 8.67. The molecule has 0 aromatic heterocycles. The van der Waals surface area contributed by atoms with E-state index in [1.807, 2.05) is 36.0 Å². The van der Waals surface area contributed by atoms with Crippen molar-refractivity contribution in [3.8, 4) is 11.8 Å². The summed E-state index contributed by atoms with van der Waals surface area (Å²) < 4.78 is 5.98. The Balaban J connectivity index is 1.86. The van der Waals surface area contributed by atoms with E-state index in [1.54, 1.807) is 12.1 Å². The third-order valence-electron chi connectivity index (χ3n) is 4.51. The summed E-state index contributed by atoms with van der Waals surface area (Å²) in [6.07, 6.45) is 3.72. The minimum Gasteiger partial charge on any atom is -0.490 e. The normalized spacial score (nSPS) is 16.7. The SMILES string of the molecule is CCCC(C(=O)N1CCC(Oc2ccc(C#N)cc2)CC1)N(C)C. The minimum absolute atomic E-state index is 0.0222. The second-order valence-electron chi connectivity index (χ2n) is 6.55. The Labute approximate surface area is 144 Å². The van der Waals surface area contributed by atoms with Crippen LogP contribution in [0.2, 0.25) is 0 Å². The summed E-state index contributed by atoms with van der Waals surface area (Å²) in [7, 11) is 3.94. The van der Waals surface area contributed by atoms with Gasteiger partial charge in [-0.1, -0.05) is 13.3 Å². The number of nitriles is 1. The van der Waals surface area contributed by atoms with Gasteiger partial charge in [0.2, 0.25) is 5.91 Å². The fourth-order valence-corrected chi connectivity index (χ4v) is 3.08. The molecule has 1 aromatic rings. The number of hydrogen-bond donors (Lipinski definition) is 0. The van der Waals surface area contributed by atoms with Gasteiger partial charge in [0.15, 0.2) is 0 Å². The lowest BCUT2D eigenvalue weighted by Gasteiger charge is -2.36. The number of likely N-dealkylation sites (N-methyl/N-ethyl adjacent to an activating group) is 1. The van der Waals surface area contributed by atoms with Gasteiger partial charge < -0.3 is 9.64 Å². The smallest absolute Gasteiger partial charge is 0.239 e. The number of carbonyl (C=O) groups is 1. The van der Waals surface area contributed by atoms with Crippen LogP contribution in [0.1, 0.15) is 38.2 Å². The third kappa shape index (κ3) is 4.72. The molecule has 130 valence electrons. The van der Waals surface area contributed by atoms with Crippen molar-refractivity contribution >= 4 is 5.91 Å². The summed E-state index contributed by atoms with van der Waals surface area (Å²) >= 11 is 0. The van der Waals surface area contributed by atoms with Gasteiger partial charge in [-0.25, -0.2) is 0 Å². The quantitative estimate of drug-likeness (QED) is 0.805. The van der Waals surface area contributed by atoms with Gasteiger partial charge in [0.05, 0.1) is 17.7 Å². The van der Waals surface area contributed by atoms with Crippen LogP contribution >= 0.6 is 0 Å². The largest absolute Gasteiger partial charge is 0.490 e. The Morgan fingerprint density at radius 2 is 1.96 bits per heavy atom. The first kappa shape index (κ1) is 18.3. The van der Waals surface area contributed by atoms with Crippen LogP contribution in [0.15, 0.2) is 24.3 Å². The molecule has 0 radical (unpaired) electrons. The molecule has 1 fully saturated rings. The Morgan fingerprint density at radius 3 is 2.46 bits per heavy atom. The fraction of sp³-hybridized carbons (Fsp3) is 0.579. The maximum atomic E-state index is 12.7. The predicted molar refractivity (Wildman–Crippen MR) is 93.8 cm³/mol. The van der Waals surface area contributed by atoms with E-state index in [9.17, 15) is 4.79 Å². The highest BCUT2D eigenvalue weighted by Gasteiger charge is 2.29. The average molecular weight is 329 g/mol. The minimum atomic E-state index is -0.0222. The number of hydrogen-bond acceptors (Lipinski definition) is 4. The zero-order chi connectivity index (χ0) is 17.5. The molecule has 1 aromatic carbocycles. The number of rotatable bonds is 6. The number of nitrogens with zero attached hydrogens (tertiary/aromatic N) is 3. The van der Waals surface area contributed by atoms with Gasteiger partial charge in [0.25, 0.3) is 0 Å². The standard InChI is InChI=1S/C19H27N3O2/c1-4-5-18(21(2)3)19(23)22-12-10-17(11-13-22)24-16-8-6-15(14-20)7-9-16/h6-9,17-18H,4-5,10-13H2,1-3H3. The van der Waals surface area contributed by atoms with Gasteiger partial charge in [-0.15, -0.1) is 0 Å². The molecule has 1 heterocycles. The van der Waals surface area contributed by atoms with Crippen LogP contribution in [-0.2, 0) is 4.79 Å². The van der Waals surface area contributed by atoms with Crippen molar-refractivity contribution in [1.82, 2.24) is 9.80 Å². The molecule has 1 aliphatic rings. The molecule has 0 bridgehead atoms. The summed E-state index contributed by atoms with van der Waals surface area (Å²) in [6, 6.07) is 9.27. The molecule has 1 saturated heterocycles. The lowest BCUT2D eigenvalue weighted by molar-refractivity contribution is -0.138. The van der Waals surface area contributed by atoms with E-state index < -0.39 is 0 Å². The maximum Gasteiger partial charge on any atom is 0.239 e. The van der Waals surface area contributed by atoms with Crippen LogP contribution in [0, 0.1) is 11.3 Å². The van der Waals surface area contributed by atoms with Gasteiger partial charge in [-0.05, 0) is 44.8 Å². The molecule has 2 rings (SSSR count). The molecular weight excluding hydrogens is 302 g/mol. The molecule has 1 atom stereocenters. The van der Waals surface area contributed by atoms with Crippen LogP contribution in [0.3, 0.4) is 0 Å². The van der Waals surface area contributed by atoms with Crippen molar-refractivity contribution in [3.63, 3.8) is 0 Å². The number of likely N-dealkylation sites (tertiary alicyclic amines) is 1. The molecule has 24 heavy (non-hydrogen) atoms. The van der Waals surface area contributed by atoms with Gasteiger partial charge >= 0.3 is 0 Å². The number of carbonyl (C=O) groups excluding carboxylic acids is 1. The van der Waals surface area contributed by atoms with Crippen molar-refractivity contribution in [2.24, 2.45) is 0 Å². The molecule has 0 saturated carbocycles. The highest BCUT2D eigenvalue weighted by Crippen LogP contribution is 2.21. The zero-order valence-electron chi connectivity index (χ0n) is 14.9. The van der Waals surface area contributed by atoms with Crippen molar-refractivity contribution in [3.05, 3.63) is 29.8 Å². The summed E-state index contributed by atoms with van der Waals surface area (Å²) in [4.78, 5) is 16.7. The monoisotopic (exact) mass is 329 g/mol. The maximum absolute atomic E-state index is 12.7. The highest BCUT2D eigenvalue weighted by atomic mass is 16.5. The van der Waals surface area contributed by atoms with Crippen molar-refractivity contribution in [1.29, 1.82) is 5.26 Å². The summed E-state index contributed by atoms with van der Waals surface area (Å²) in [6.45, 7) is 3.60. The number of ether oxygens (including phenoxy) is 1. The first-order chi connectivity index (χ1) is 11.5. The lowest BCUT2D eigenvalue weighted by Crippen LogP contribution is -2.50. The van der Waals surface area contributed by atoms with Crippen LogP contribution in [0.5, 0.6) is 5.75 Å². The number of amides is 1. The van der Waals surface area contributed by atoms with Crippen molar-refractivity contribution in [2.45, 2.75) is 44.8 Å². The molecule has 1 aliphatic heterocycles. The third-order valence-corrected chi connectivity index (χ3v) is 4.51. The second kappa shape index (κ2) is 8.70.